The Kier molecular flexibility index (Phi) is 11.8. The van der Waals surface area contributed by atoms with Gasteiger partial charge in [-0.05, 0) is 60.8 Å². The van der Waals surface area contributed by atoms with Gasteiger partial charge in [0.1, 0.15) is 11.5 Å². The van der Waals surface area contributed by atoms with Gasteiger partial charge in [-0.1, -0.05) is 57.2 Å². The predicted molar refractivity (Wildman–Crippen MR) is 171 cm³/mol. The molecule has 0 aliphatic heterocycles. The number of nitrogens with zero attached hydrogens (tertiary/aromatic N) is 1. The zero-order valence-electron chi connectivity index (χ0n) is 27.0. The molecule has 0 aliphatic rings. The number of hydrogen-bond acceptors (Lipinski definition) is 7. The molecule has 1 aromatic heterocycles. The average molecular weight is 610 g/mol. The Balaban J connectivity index is 2.11. The molecule has 2 aromatic carbocycles. The standard InChI is InChI=1S/C34H47NO7Si/c1-23-28(38-5)19-26(20-29(23)39-6)32(42-43(8,9)34(2,3)4)30(41-18-17-24-13-11-10-12-14-24)22-27-16-15-25(21-31(36)37)33(35-27)40-7/h10-16,19-20,30,32H,17-18,21-22H2,1-9H3,(H,36,37)/t30-,32+/m0/s1. The third-order valence-electron chi connectivity index (χ3n) is 8.18. The molecule has 0 saturated heterocycles. The van der Waals surface area contributed by atoms with Crippen LogP contribution in [0.15, 0.2) is 54.6 Å². The lowest BCUT2D eigenvalue weighted by atomic mass is 9.98. The van der Waals surface area contributed by atoms with Crippen molar-refractivity contribution in [3.8, 4) is 17.4 Å². The summed E-state index contributed by atoms with van der Waals surface area (Å²) in [6, 6.07) is 17.8. The molecule has 234 valence electrons. The molecule has 0 aliphatic carbocycles. The first-order valence-electron chi connectivity index (χ1n) is 14.6. The van der Waals surface area contributed by atoms with Crippen LogP contribution in [-0.4, -0.2) is 58.4 Å². The first-order valence-corrected chi connectivity index (χ1v) is 17.5. The molecule has 3 rings (SSSR count). The number of carboxylic acids is 1. The Hall–Kier alpha value is -3.40. The summed E-state index contributed by atoms with van der Waals surface area (Å²) < 4.78 is 30.8. The number of carboxylic acid groups (broad SMARTS) is 1. The molecule has 1 heterocycles. The average Bonchev–Trinajstić information content (AvgIpc) is 2.96. The number of aromatic nitrogens is 1. The minimum atomic E-state index is -2.32. The predicted octanol–water partition coefficient (Wildman–Crippen LogP) is 6.98. The van der Waals surface area contributed by atoms with Crippen molar-refractivity contribution in [3.63, 3.8) is 0 Å². The normalized spacial score (nSPS) is 13.3. The second kappa shape index (κ2) is 14.9. The summed E-state index contributed by atoms with van der Waals surface area (Å²) in [5.41, 5.74) is 4.21. The maximum absolute atomic E-state index is 11.4. The number of methoxy groups -OCH3 is 3. The fourth-order valence-corrected chi connectivity index (χ4v) is 5.93. The van der Waals surface area contributed by atoms with Gasteiger partial charge in [-0.3, -0.25) is 4.79 Å². The minimum Gasteiger partial charge on any atom is -0.496 e. The van der Waals surface area contributed by atoms with E-state index in [-0.39, 0.29) is 11.5 Å². The number of pyridine rings is 1. The summed E-state index contributed by atoms with van der Waals surface area (Å²) in [7, 11) is 2.48. The fourth-order valence-electron chi connectivity index (χ4n) is 4.65. The van der Waals surface area contributed by atoms with Crippen LogP contribution >= 0.6 is 0 Å². The van der Waals surface area contributed by atoms with Crippen molar-refractivity contribution in [1.29, 1.82) is 0 Å². The molecule has 0 bridgehead atoms. The topological polar surface area (TPSA) is 96.3 Å². The van der Waals surface area contributed by atoms with Crippen molar-refractivity contribution < 1.29 is 33.3 Å². The molecule has 0 amide bonds. The summed E-state index contributed by atoms with van der Waals surface area (Å²) in [6.07, 6.45) is 0.0760. The van der Waals surface area contributed by atoms with Crippen LogP contribution in [0.25, 0.3) is 0 Å². The van der Waals surface area contributed by atoms with Crippen LogP contribution in [0.5, 0.6) is 17.4 Å². The van der Waals surface area contributed by atoms with E-state index in [0.29, 0.717) is 41.7 Å². The zero-order valence-corrected chi connectivity index (χ0v) is 28.0. The third-order valence-corrected chi connectivity index (χ3v) is 12.6. The number of hydrogen-bond donors (Lipinski definition) is 1. The minimum absolute atomic E-state index is 0.0569. The van der Waals surface area contributed by atoms with Gasteiger partial charge < -0.3 is 28.5 Å². The van der Waals surface area contributed by atoms with Crippen LogP contribution in [0.3, 0.4) is 0 Å². The molecule has 0 radical (unpaired) electrons. The van der Waals surface area contributed by atoms with Crippen molar-refractivity contribution in [2.45, 2.75) is 77.3 Å². The van der Waals surface area contributed by atoms with E-state index in [2.05, 4.69) is 46.0 Å². The Morgan fingerprint density at radius 3 is 2.12 bits per heavy atom. The lowest BCUT2D eigenvalue weighted by Crippen LogP contribution is -2.45. The lowest BCUT2D eigenvalue weighted by molar-refractivity contribution is -0.136. The highest BCUT2D eigenvalue weighted by Crippen LogP contribution is 2.43. The van der Waals surface area contributed by atoms with Crippen LogP contribution in [0.2, 0.25) is 18.1 Å². The van der Waals surface area contributed by atoms with Crippen LogP contribution < -0.4 is 14.2 Å². The second-order valence-corrected chi connectivity index (χ2v) is 17.0. The van der Waals surface area contributed by atoms with E-state index in [1.54, 1.807) is 20.3 Å². The lowest BCUT2D eigenvalue weighted by Gasteiger charge is -2.41. The number of carbonyl (C=O) groups is 1. The molecule has 8 nitrogen and oxygen atoms in total. The number of benzene rings is 2. The van der Waals surface area contributed by atoms with E-state index >= 15 is 0 Å². The van der Waals surface area contributed by atoms with E-state index in [1.165, 1.54) is 12.7 Å². The van der Waals surface area contributed by atoms with Crippen molar-refractivity contribution in [2.75, 3.05) is 27.9 Å². The largest absolute Gasteiger partial charge is 0.496 e. The van der Waals surface area contributed by atoms with E-state index in [1.807, 2.05) is 43.3 Å². The Labute approximate surface area is 257 Å². The highest BCUT2D eigenvalue weighted by molar-refractivity contribution is 6.74. The molecule has 43 heavy (non-hydrogen) atoms. The van der Waals surface area contributed by atoms with Gasteiger partial charge in [-0.2, -0.15) is 0 Å². The molecule has 3 aromatic rings. The highest BCUT2D eigenvalue weighted by atomic mass is 28.4. The van der Waals surface area contributed by atoms with Gasteiger partial charge in [0.05, 0.1) is 46.6 Å². The molecule has 0 unspecified atom stereocenters. The number of rotatable bonds is 15. The molecular weight excluding hydrogens is 562 g/mol. The first kappa shape index (κ1) is 34.1. The van der Waals surface area contributed by atoms with E-state index in [0.717, 1.165) is 17.5 Å². The summed E-state index contributed by atoms with van der Waals surface area (Å²) in [6.45, 7) is 13.5. The molecule has 0 spiro atoms. The highest BCUT2D eigenvalue weighted by Gasteiger charge is 2.42. The van der Waals surface area contributed by atoms with Gasteiger partial charge in [0.25, 0.3) is 0 Å². The summed E-state index contributed by atoms with van der Waals surface area (Å²) in [5, 5.41) is 9.28. The first-order chi connectivity index (χ1) is 20.3. The van der Waals surface area contributed by atoms with Gasteiger partial charge >= 0.3 is 5.97 Å². The van der Waals surface area contributed by atoms with Gasteiger partial charge in [0.2, 0.25) is 5.88 Å². The summed E-state index contributed by atoms with van der Waals surface area (Å²) in [4.78, 5) is 16.1. The maximum atomic E-state index is 11.4. The monoisotopic (exact) mass is 609 g/mol. The molecule has 2 atom stereocenters. The van der Waals surface area contributed by atoms with Crippen LogP contribution in [0.1, 0.15) is 54.8 Å². The third kappa shape index (κ3) is 9.05. The Morgan fingerprint density at radius 2 is 1.58 bits per heavy atom. The van der Waals surface area contributed by atoms with E-state index in [9.17, 15) is 9.90 Å². The zero-order chi connectivity index (χ0) is 31.8. The fraction of sp³-hybridized carbons (Fsp3) is 0.471. The van der Waals surface area contributed by atoms with Gasteiger partial charge in [-0.15, -0.1) is 0 Å². The quantitative estimate of drug-likeness (QED) is 0.185. The van der Waals surface area contributed by atoms with Crippen molar-refractivity contribution >= 4 is 14.3 Å². The number of ether oxygens (including phenoxy) is 4. The Bertz CT molecular complexity index is 1330. The summed E-state index contributed by atoms with van der Waals surface area (Å²) in [5.74, 6) is 0.765. The van der Waals surface area contributed by atoms with Crippen molar-refractivity contribution in [2.24, 2.45) is 0 Å². The Morgan fingerprint density at radius 1 is 0.953 bits per heavy atom. The second-order valence-electron chi connectivity index (χ2n) is 12.2. The van der Waals surface area contributed by atoms with Crippen molar-refractivity contribution in [3.05, 3.63) is 82.5 Å². The van der Waals surface area contributed by atoms with Crippen LogP contribution in [0.4, 0.5) is 0 Å². The molecule has 0 fully saturated rings. The smallest absolute Gasteiger partial charge is 0.308 e. The molecule has 9 heteroatoms. The van der Waals surface area contributed by atoms with Crippen LogP contribution in [-0.2, 0) is 33.2 Å². The van der Waals surface area contributed by atoms with Crippen LogP contribution in [0, 0.1) is 6.92 Å². The summed E-state index contributed by atoms with van der Waals surface area (Å²) >= 11 is 0. The SMILES string of the molecule is COc1cc([C@@H](O[Si](C)(C)C(C)(C)C)[C@H](Cc2ccc(CC(=O)O)c(OC)n2)OCCc2ccccc2)cc(OC)c1C. The van der Waals surface area contributed by atoms with E-state index < -0.39 is 26.5 Å². The van der Waals surface area contributed by atoms with Gasteiger partial charge in [0, 0.05) is 23.2 Å². The van der Waals surface area contributed by atoms with Gasteiger partial charge in [0.15, 0.2) is 8.32 Å². The van der Waals surface area contributed by atoms with E-state index in [4.69, 9.17) is 28.4 Å². The van der Waals surface area contributed by atoms with Crippen molar-refractivity contribution in [1.82, 2.24) is 4.98 Å². The molecule has 0 saturated carbocycles. The molecule has 1 N–H and O–H groups in total. The maximum Gasteiger partial charge on any atom is 0.308 e. The number of aliphatic carboxylic acids is 1. The molecular formula is C34H47NO7Si. The van der Waals surface area contributed by atoms with Gasteiger partial charge in [-0.25, -0.2) is 4.98 Å².